The lowest BCUT2D eigenvalue weighted by molar-refractivity contribution is -0.118. The Morgan fingerprint density at radius 2 is 2.03 bits per heavy atom. The Hall–Kier alpha value is -4.16. The first-order valence-electron chi connectivity index (χ1n) is 12.4. The Balaban J connectivity index is 1.18. The van der Waals surface area contributed by atoms with Gasteiger partial charge in [-0.05, 0) is 30.3 Å². The summed E-state index contributed by atoms with van der Waals surface area (Å²) in [6.07, 6.45) is 1.27. The second kappa shape index (κ2) is 9.95. The summed E-state index contributed by atoms with van der Waals surface area (Å²) in [5, 5.41) is 6.37. The molecular weight excluding hydrogens is 492 g/mol. The average Bonchev–Trinajstić information content (AvgIpc) is 3.53. The fourth-order valence-electron chi connectivity index (χ4n) is 5.20. The van der Waals surface area contributed by atoms with Gasteiger partial charge in [-0.25, -0.2) is 9.78 Å². The normalized spacial score (nSPS) is 22.7. The number of carbonyl (C=O) groups is 2. The molecule has 6 rings (SSSR count). The minimum absolute atomic E-state index is 0.00240. The second-order valence-electron chi connectivity index (χ2n) is 9.36. The molecule has 0 saturated carbocycles. The molecule has 198 valence electrons. The van der Waals surface area contributed by atoms with Crippen LogP contribution in [0.5, 0.6) is 11.6 Å². The maximum atomic E-state index is 12.6. The van der Waals surface area contributed by atoms with Crippen LogP contribution >= 0.6 is 0 Å². The zero-order valence-electron chi connectivity index (χ0n) is 21.0. The highest BCUT2D eigenvalue weighted by Crippen LogP contribution is 2.34. The van der Waals surface area contributed by atoms with Crippen LogP contribution in [0.2, 0.25) is 0 Å². The van der Waals surface area contributed by atoms with E-state index in [1.807, 2.05) is 12.1 Å². The Kier molecular flexibility index (Phi) is 6.34. The van der Waals surface area contributed by atoms with Crippen molar-refractivity contribution >= 4 is 40.1 Å². The molecule has 0 bridgehead atoms. The summed E-state index contributed by atoms with van der Waals surface area (Å²) in [4.78, 5) is 37.3. The largest absolute Gasteiger partial charge is 0.482 e. The number of nitrogens with zero attached hydrogens (tertiary/aromatic N) is 4. The van der Waals surface area contributed by atoms with Crippen molar-refractivity contribution in [2.45, 2.75) is 18.2 Å². The number of cyclic esters (lactones) is 1. The average molecular weight is 521 g/mol. The number of fused-ring (bicyclic) bond motifs is 2. The van der Waals surface area contributed by atoms with E-state index in [9.17, 15) is 9.59 Å². The summed E-state index contributed by atoms with van der Waals surface area (Å²) >= 11 is 0. The van der Waals surface area contributed by atoms with Gasteiger partial charge in [-0.1, -0.05) is 0 Å². The van der Waals surface area contributed by atoms with Crippen LogP contribution in [0.25, 0.3) is 11.0 Å². The summed E-state index contributed by atoms with van der Waals surface area (Å²) in [7, 11) is 3.29. The van der Waals surface area contributed by atoms with Crippen molar-refractivity contribution in [1.82, 2.24) is 15.3 Å². The summed E-state index contributed by atoms with van der Waals surface area (Å²) in [6, 6.07) is 10.7. The number of hydrogen-bond acceptors (Lipinski definition) is 10. The molecule has 2 aromatic heterocycles. The van der Waals surface area contributed by atoms with Crippen LogP contribution < -0.4 is 29.9 Å². The van der Waals surface area contributed by atoms with E-state index in [2.05, 4.69) is 25.5 Å². The van der Waals surface area contributed by atoms with E-state index in [0.29, 0.717) is 42.6 Å². The highest BCUT2D eigenvalue weighted by molar-refractivity contribution is 5.97. The highest BCUT2D eigenvalue weighted by Gasteiger charge is 2.38. The van der Waals surface area contributed by atoms with Crippen molar-refractivity contribution in [2.24, 2.45) is 0 Å². The molecule has 0 radical (unpaired) electrons. The predicted octanol–water partition coefficient (Wildman–Crippen LogP) is 1.79. The van der Waals surface area contributed by atoms with Gasteiger partial charge in [0.1, 0.15) is 17.9 Å². The van der Waals surface area contributed by atoms with E-state index in [-0.39, 0.29) is 37.3 Å². The molecule has 3 atom stereocenters. The van der Waals surface area contributed by atoms with Crippen LogP contribution in [0, 0.1) is 0 Å². The molecule has 1 aromatic carbocycles. The first kappa shape index (κ1) is 24.2. The topological polar surface area (TPSA) is 127 Å². The number of methoxy groups -OCH3 is 2. The predicted molar refractivity (Wildman–Crippen MR) is 139 cm³/mol. The van der Waals surface area contributed by atoms with E-state index in [1.54, 1.807) is 49.6 Å². The van der Waals surface area contributed by atoms with Crippen molar-refractivity contribution in [3.05, 3.63) is 42.6 Å². The number of aromatic nitrogens is 2. The summed E-state index contributed by atoms with van der Waals surface area (Å²) in [5.74, 6) is 0.868. The van der Waals surface area contributed by atoms with Gasteiger partial charge in [-0.3, -0.25) is 14.7 Å². The monoisotopic (exact) mass is 520 g/mol. The molecule has 3 aliphatic heterocycles. The molecule has 0 aliphatic carbocycles. The van der Waals surface area contributed by atoms with Gasteiger partial charge in [-0.15, -0.1) is 0 Å². The molecule has 3 aliphatic rings. The molecule has 12 heteroatoms. The minimum atomic E-state index is -0.431. The van der Waals surface area contributed by atoms with Gasteiger partial charge >= 0.3 is 6.09 Å². The third kappa shape index (κ3) is 4.41. The molecule has 0 unspecified atom stereocenters. The molecule has 2 N–H and O–H groups in total. The Labute approximate surface area is 218 Å². The number of rotatable bonds is 7. The van der Waals surface area contributed by atoms with Gasteiger partial charge in [-0.2, -0.15) is 0 Å². The number of nitrogens with one attached hydrogen (secondary N) is 2. The van der Waals surface area contributed by atoms with Crippen molar-refractivity contribution < 1.29 is 28.5 Å². The number of carbonyl (C=O) groups excluding carboxylic acids is 2. The third-order valence-electron chi connectivity index (χ3n) is 7.11. The maximum absolute atomic E-state index is 12.6. The molecule has 3 aromatic rings. The Morgan fingerprint density at radius 3 is 2.87 bits per heavy atom. The van der Waals surface area contributed by atoms with Crippen molar-refractivity contribution in [2.75, 3.05) is 62.2 Å². The lowest BCUT2D eigenvalue weighted by atomic mass is 10.1. The number of pyridine rings is 2. The van der Waals surface area contributed by atoms with Gasteiger partial charge in [0, 0.05) is 44.7 Å². The van der Waals surface area contributed by atoms with Gasteiger partial charge in [0.2, 0.25) is 5.88 Å². The first-order chi connectivity index (χ1) is 18.5. The maximum Gasteiger partial charge on any atom is 0.414 e. The molecule has 2 fully saturated rings. The highest BCUT2D eigenvalue weighted by atomic mass is 16.6. The zero-order chi connectivity index (χ0) is 26.2. The van der Waals surface area contributed by atoms with E-state index in [1.165, 1.54) is 0 Å². The zero-order valence-corrected chi connectivity index (χ0v) is 21.0. The first-order valence-corrected chi connectivity index (χ1v) is 12.4. The van der Waals surface area contributed by atoms with Gasteiger partial charge < -0.3 is 34.5 Å². The number of ether oxygens (including phenoxy) is 4. The van der Waals surface area contributed by atoms with Crippen LogP contribution in [0.3, 0.4) is 0 Å². The van der Waals surface area contributed by atoms with Crippen LogP contribution in [0.1, 0.15) is 0 Å². The van der Waals surface area contributed by atoms with E-state index < -0.39 is 6.09 Å². The molecule has 2 saturated heterocycles. The van der Waals surface area contributed by atoms with Crippen LogP contribution in [-0.2, 0) is 14.3 Å². The van der Waals surface area contributed by atoms with Crippen molar-refractivity contribution in [1.29, 1.82) is 0 Å². The fourth-order valence-corrected chi connectivity index (χ4v) is 5.20. The molecule has 5 heterocycles. The van der Waals surface area contributed by atoms with Crippen LogP contribution in [0.15, 0.2) is 42.6 Å². The molecule has 0 spiro atoms. The van der Waals surface area contributed by atoms with Crippen LogP contribution in [0.4, 0.5) is 21.9 Å². The summed E-state index contributed by atoms with van der Waals surface area (Å²) in [6.45, 7) is 2.06. The molecule has 12 nitrogen and oxygen atoms in total. The van der Waals surface area contributed by atoms with Gasteiger partial charge in [0.25, 0.3) is 5.91 Å². The van der Waals surface area contributed by atoms with Crippen molar-refractivity contribution in [3.8, 4) is 11.6 Å². The lowest BCUT2D eigenvalue weighted by Gasteiger charge is -2.26. The third-order valence-corrected chi connectivity index (χ3v) is 7.11. The van der Waals surface area contributed by atoms with Crippen molar-refractivity contribution in [3.63, 3.8) is 0 Å². The van der Waals surface area contributed by atoms with Crippen LogP contribution in [-0.4, -0.2) is 87.2 Å². The second-order valence-corrected chi connectivity index (χ2v) is 9.36. The Bertz CT molecular complexity index is 1390. The van der Waals surface area contributed by atoms with E-state index >= 15 is 0 Å². The summed E-state index contributed by atoms with van der Waals surface area (Å²) < 4.78 is 22.0. The SMILES string of the molecule is COc1ccc2nccc(N3C[C@H](NC[C@H]4COC(=O)N4c4ccc5c(c4)NC(=O)CO5)[C@@H](OC)C3)c2n1. The van der Waals surface area contributed by atoms with Gasteiger partial charge in [0.15, 0.2) is 6.61 Å². The number of amides is 2. The smallest absolute Gasteiger partial charge is 0.414 e. The summed E-state index contributed by atoms with van der Waals surface area (Å²) in [5.41, 5.74) is 3.68. The molecule has 38 heavy (non-hydrogen) atoms. The van der Waals surface area contributed by atoms with E-state index in [0.717, 1.165) is 16.7 Å². The lowest BCUT2D eigenvalue weighted by Crippen LogP contribution is -2.48. The minimum Gasteiger partial charge on any atom is -0.482 e. The Morgan fingerprint density at radius 1 is 1.13 bits per heavy atom. The number of anilines is 3. The quantitative estimate of drug-likeness (QED) is 0.476. The van der Waals surface area contributed by atoms with E-state index in [4.69, 9.17) is 18.9 Å². The number of hydrogen-bond donors (Lipinski definition) is 2. The standard InChI is InChI=1S/C26H28N6O6/c1-35-22-12-31(20-7-8-27-17-4-6-24(36-2)30-25(17)20)11-19(22)28-10-16-13-38-26(34)32(16)15-3-5-21-18(9-15)29-23(33)14-37-21/h3-9,16,19,22,28H,10-14H2,1-2H3,(H,29,33)/t16-,19-,22-/m0/s1. The fraction of sp³-hybridized carbons (Fsp3) is 0.385. The molecular formula is C26H28N6O6. The number of benzene rings is 1. The molecule has 2 amide bonds. The van der Waals surface area contributed by atoms with Gasteiger partial charge in [0.05, 0.1) is 42.2 Å².